The van der Waals surface area contributed by atoms with E-state index in [0.717, 1.165) is 12.0 Å². The molecule has 0 aromatic heterocycles. The molecule has 0 saturated carbocycles. The molecule has 2 aromatic rings. The summed E-state index contributed by atoms with van der Waals surface area (Å²) >= 11 is 0. The van der Waals surface area contributed by atoms with E-state index in [4.69, 9.17) is 0 Å². The van der Waals surface area contributed by atoms with E-state index < -0.39 is 0 Å². The molecule has 3 rings (SSSR count). The molecular weight excluding hydrogens is 266 g/mol. The van der Waals surface area contributed by atoms with Gasteiger partial charge in [-0.15, -0.1) is 0 Å². The monoisotopic (exact) mass is 289 g/mol. The molecule has 1 aliphatic rings. The molecule has 1 atom stereocenters. The van der Waals surface area contributed by atoms with Crippen LogP contribution in [0.2, 0.25) is 0 Å². The third-order valence-corrected chi connectivity index (χ3v) is 4.26. The summed E-state index contributed by atoms with van der Waals surface area (Å²) < 4.78 is 0. The molecule has 1 heteroatoms. The molecule has 1 aliphatic heterocycles. The number of benzene rings is 2. The van der Waals surface area contributed by atoms with Crippen molar-refractivity contribution in [2.75, 3.05) is 13.1 Å². The summed E-state index contributed by atoms with van der Waals surface area (Å²) in [4.78, 5) is 2.56. The van der Waals surface area contributed by atoms with Crippen molar-refractivity contribution >= 4 is 0 Å². The Hall–Kier alpha value is -2.04. The topological polar surface area (TPSA) is 3.24 Å². The van der Waals surface area contributed by atoms with Gasteiger partial charge in [-0.05, 0) is 50.0 Å². The van der Waals surface area contributed by atoms with E-state index in [1.54, 1.807) is 0 Å². The second-order valence-corrected chi connectivity index (χ2v) is 5.94. The zero-order chi connectivity index (χ0) is 15.0. The van der Waals surface area contributed by atoms with Crippen molar-refractivity contribution in [2.45, 2.75) is 31.7 Å². The Balaban J connectivity index is 1.78. The summed E-state index contributed by atoms with van der Waals surface area (Å²) in [6, 6.07) is 21.4. The molecule has 112 valence electrons. The molecule has 1 fully saturated rings. The highest BCUT2D eigenvalue weighted by molar-refractivity contribution is 5.35. The predicted molar refractivity (Wildman–Crippen MR) is 92.7 cm³/mol. The number of hydrogen-bond acceptors (Lipinski definition) is 1. The van der Waals surface area contributed by atoms with Gasteiger partial charge in [0.05, 0.1) is 6.04 Å². The summed E-state index contributed by atoms with van der Waals surface area (Å²) in [5.41, 5.74) is 2.48. The second kappa shape index (κ2) is 7.82. The highest BCUT2D eigenvalue weighted by atomic mass is 15.2. The first kappa shape index (κ1) is 14.9. The van der Waals surface area contributed by atoms with Crippen LogP contribution in [0, 0.1) is 11.8 Å². The van der Waals surface area contributed by atoms with Gasteiger partial charge in [-0.2, -0.15) is 0 Å². The molecule has 1 nitrogen and oxygen atoms in total. The van der Waals surface area contributed by atoms with Crippen molar-refractivity contribution in [1.82, 2.24) is 4.90 Å². The van der Waals surface area contributed by atoms with Gasteiger partial charge in [0.2, 0.25) is 0 Å². The first-order chi connectivity index (χ1) is 10.9. The van der Waals surface area contributed by atoms with Gasteiger partial charge in [-0.25, -0.2) is 0 Å². The number of hydrogen-bond donors (Lipinski definition) is 0. The molecule has 22 heavy (non-hydrogen) atoms. The van der Waals surface area contributed by atoms with Crippen molar-refractivity contribution in [2.24, 2.45) is 0 Å². The van der Waals surface area contributed by atoms with Gasteiger partial charge in [0.1, 0.15) is 0 Å². The SMILES string of the molecule is C(#CC(Cc1ccccc1)N1CCCCC1)c1ccccc1. The van der Waals surface area contributed by atoms with E-state index in [1.165, 1.54) is 37.9 Å². The third kappa shape index (κ3) is 4.23. The van der Waals surface area contributed by atoms with Crippen LogP contribution < -0.4 is 0 Å². The third-order valence-electron chi connectivity index (χ3n) is 4.26. The maximum atomic E-state index is 3.53. The Morgan fingerprint density at radius 1 is 0.818 bits per heavy atom. The average Bonchev–Trinajstić information content (AvgIpc) is 2.61. The maximum absolute atomic E-state index is 3.53. The Morgan fingerprint density at radius 2 is 1.45 bits per heavy atom. The number of nitrogens with zero attached hydrogens (tertiary/aromatic N) is 1. The van der Waals surface area contributed by atoms with Crippen LogP contribution in [0.3, 0.4) is 0 Å². The first-order valence-electron chi connectivity index (χ1n) is 8.26. The Labute approximate surface area is 134 Å². The van der Waals surface area contributed by atoms with Crippen molar-refractivity contribution in [3.63, 3.8) is 0 Å². The van der Waals surface area contributed by atoms with E-state index >= 15 is 0 Å². The maximum Gasteiger partial charge on any atom is 0.0759 e. The Bertz CT molecular complexity index is 615. The molecule has 1 saturated heterocycles. The van der Waals surface area contributed by atoms with Crippen molar-refractivity contribution in [3.8, 4) is 11.8 Å². The highest BCUT2D eigenvalue weighted by Crippen LogP contribution is 2.15. The van der Waals surface area contributed by atoms with E-state index in [0.29, 0.717) is 6.04 Å². The Kier molecular flexibility index (Phi) is 5.29. The number of likely N-dealkylation sites (tertiary alicyclic amines) is 1. The summed E-state index contributed by atoms with van der Waals surface area (Å²) in [5, 5.41) is 0. The zero-order valence-electron chi connectivity index (χ0n) is 13.0. The van der Waals surface area contributed by atoms with Gasteiger partial charge in [0, 0.05) is 5.56 Å². The quantitative estimate of drug-likeness (QED) is 0.768. The normalized spacial score (nSPS) is 16.5. The van der Waals surface area contributed by atoms with Crippen molar-refractivity contribution < 1.29 is 0 Å². The fourth-order valence-corrected chi connectivity index (χ4v) is 3.03. The summed E-state index contributed by atoms with van der Waals surface area (Å²) in [7, 11) is 0. The zero-order valence-corrected chi connectivity index (χ0v) is 13.0. The summed E-state index contributed by atoms with van der Waals surface area (Å²) in [6.07, 6.45) is 4.98. The largest absolute Gasteiger partial charge is 0.290 e. The molecule has 0 spiro atoms. The fourth-order valence-electron chi connectivity index (χ4n) is 3.03. The van der Waals surface area contributed by atoms with E-state index in [1.807, 2.05) is 6.07 Å². The first-order valence-corrected chi connectivity index (χ1v) is 8.26. The predicted octanol–water partition coefficient (Wildman–Crippen LogP) is 4.14. The highest BCUT2D eigenvalue weighted by Gasteiger charge is 2.19. The lowest BCUT2D eigenvalue weighted by Gasteiger charge is -2.31. The fraction of sp³-hybridized carbons (Fsp3) is 0.333. The molecule has 0 radical (unpaired) electrons. The standard InChI is InChI=1S/C21H23N/c1-4-10-19(11-5-1)14-15-21(22-16-8-3-9-17-22)18-20-12-6-2-7-13-20/h1-2,4-7,10-13,21H,3,8-9,16-18H2. The van der Waals surface area contributed by atoms with E-state index in [-0.39, 0.29) is 0 Å². The van der Waals surface area contributed by atoms with E-state index in [9.17, 15) is 0 Å². The van der Waals surface area contributed by atoms with Crippen LogP contribution in [0.4, 0.5) is 0 Å². The molecular formula is C21H23N. The lowest BCUT2D eigenvalue weighted by atomic mass is 10.0. The van der Waals surface area contributed by atoms with Crippen molar-refractivity contribution in [3.05, 3.63) is 71.8 Å². The summed E-state index contributed by atoms with van der Waals surface area (Å²) in [5.74, 6) is 6.90. The van der Waals surface area contributed by atoms with Crippen LogP contribution in [-0.4, -0.2) is 24.0 Å². The van der Waals surface area contributed by atoms with Crippen LogP contribution >= 0.6 is 0 Å². The minimum absolute atomic E-state index is 0.322. The van der Waals surface area contributed by atoms with Crippen LogP contribution in [0.15, 0.2) is 60.7 Å². The van der Waals surface area contributed by atoms with Gasteiger partial charge in [0.15, 0.2) is 0 Å². The van der Waals surface area contributed by atoms with Crippen LogP contribution in [0.5, 0.6) is 0 Å². The van der Waals surface area contributed by atoms with E-state index in [2.05, 4.69) is 71.3 Å². The van der Waals surface area contributed by atoms with Crippen molar-refractivity contribution in [1.29, 1.82) is 0 Å². The molecule has 1 heterocycles. The molecule has 2 aromatic carbocycles. The smallest absolute Gasteiger partial charge is 0.0759 e. The van der Waals surface area contributed by atoms with Crippen LogP contribution in [0.1, 0.15) is 30.4 Å². The minimum Gasteiger partial charge on any atom is -0.290 e. The lowest BCUT2D eigenvalue weighted by Crippen LogP contribution is -2.39. The lowest BCUT2D eigenvalue weighted by molar-refractivity contribution is 0.195. The minimum atomic E-state index is 0.322. The molecule has 1 unspecified atom stereocenters. The molecule has 0 amide bonds. The van der Waals surface area contributed by atoms with Gasteiger partial charge in [-0.3, -0.25) is 4.90 Å². The van der Waals surface area contributed by atoms with Gasteiger partial charge in [0.25, 0.3) is 0 Å². The molecule has 0 N–H and O–H groups in total. The number of rotatable bonds is 3. The summed E-state index contributed by atoms with van der Waals surface area (Å²) in [6.45, 7) is 2.36. The van der Waals surface area contributed by atoms with Crippen LogP contribution in [-0.2, 0) is 6.42 Å². The van der Waals surface area contributed by atoms with Gasteiger partial charge >= 0.3 is 0 Å². The Morgan fingerprint density at radius 3 is 2.14 bits per heavy atom. The second-order valence-electron chi connectivity index (χ2n) is 5.94. The number of piperidine rings is 1. The molecule has 0 aliphatic carbocycles. The van der Waals surface area contributed by atoms with Gasteiger partial charge in [-0.1, -0.05) is 66.8 Å². The van der Waals surface area contributed by atoms with Gasteiger partial charge < -0.3 is 0 Å². The average molecular weight is 289 g/mol. The van der Waals surface area contributed by atoms with Crippen LogP contribution in [0.25, 0.3) is 0 Å². The molecule has 0 bridgehead atoms.